The van der Waals surface area contributed by atoms with Gasteiger partial charge in [0.15, 0.2) is 0 Å². The van der Waals surface area contributed by atoms with Crippen LogP contribution in [0.5, 0.6) is 0 Å². The van der Waals surface area contributed by atoms with Gasteiger partial charge in [-0.05, 0) is 44.5 Å². The molecular formula is C14H23N3OS. The molecule has 0 spiro atoms. The number of rotatable bonds is 7. The van der Waals surface area contributed by atoms with Crippen LogP contribution in [0.2, 0.25) is 0 Å². The Labute approximate surface area is 119 Å². The molecule has 0 bridgehead atoms. The lowest BCUT2D eigenvalue weighted by Crippen LogP contribution is -2.36. The Balaban J connectivity index is 2.45. The molecule has 1 rings (SSSR count). The highest BCUT2D eigenvalue weighted by Gasteiger charge is 2.13. The average Bonchev–Trinajstić information content (AvgIpc) is 2.38. The molecule has 0 aliphatic carbocycles. The van der Waals surface area contributed by atoms with E-state index in [1.165, 1.54) is 0 Å². The minimum absolute atomic E-state index is 0.0311. The summed E-state index contributed by atoms with van der Waals surface area (Å²) >= 11 is 1.83. The molecule has 0 saturated heterocycles. The summed E-state index contributed by atoms with van der Waals surface area (Å²) in [5.74, 6) is 1.08. The normalized spacial score (nSPS) is 12.4. The van der Waals surface area contributed by atoms with E-state index in [-0.39, 0.29) is 5.91 Å². The molecule has 0 aliphatic rings. The Hall–Kier alpha value is -1.20. The van der Waals surface area contributed by atoms with Gasteiger partial charge in [-0.2, -0.15) is 11.8 Å². The maximum Gasteiger partial charge on any atom is 0.238 e. The first-order valence-electron chi connectivity index (χ1n) is 6.38. The highest BCUT2D eigenvalue weighted by atomic mass is 32.2. The van der Waals surface area contributed by atoms with Gasteiger partial charge in [-0.25, -0.2) is 0 Å². The molecule has 1 aromatic carbocycles. The highest BCUT2D eigenvalue weighted by Crippen LogP contribution is 2.16. The number of nitrogen functional groups attached to an aromatic ring is 1. The number of hydrogen-bond donors (Lipinski definition) is 2. The molecule has 0 saturated carbocycles. The number of thioether (sulfide) groups is 1. The van der Waals surface area contributed by atoms with Crippen molar-refractivity contribution in [3.8, 4) is 0 Å². The zero-order valence-electron chi connectivity index (χ0n) is 11.8. The molecule has 1 amide bonds. The number of amides is 1. The molecule has 4 nitrogen and oxygen atoms in total. The Morgan fingerprint density at radius 3 is 2.79 bits per heavy atom. The van der Waals surface area contributed by atoms with Gasteiger partial charge in [0.25, 0.3) is 0 Å². The van der Waals surface area contributed by atoms with E-state index in [1.54, 1.807) is 6.07 Å². The summed E-state index contributed by atoms with van der Waals surface area (Å²) in [5.41, 5.74) is 7.06. The first-order chi connectivity index (χ1) is 9.04. The van der Waals surface area contributed by atoms with Crippen LogP contribution in [-0.4, -0.2) is 42.4 Å². The number of anilines is 2. The van der Waals surface area contributed by atoms with Crippen LogP contribution in [0.4, 0.5) is 11.4 Å². The summed E-state index contributed by atoms with van der Waals surface area (Å²) in [6.45, 7) is 2.52. The summed E-state index contributed by atoms with van der Waals surface area (Å²) in [5, 5.41) is 2.84. The minimum atomic E-state index is -0.0311. The van der Waals surface area contributed by atoms with Gasteiger partial charge in [0.05, 0.1) is 17.9 Å². The molecule has 0 aromatic heterocycles. The molecule has 106 valence electrons. The zero-order valence-corrected chi connectivity index (χ0v) is 12.7. The number of carbonyl (C=O) groups excluding carboxylic acids is 1. The van der Waals surface area contributed by atoms with E-state index >= 15 is 0 Å². The summed E-state index contributed by atoms with van der Waals surface area (Å²) in [6.07, 6.45) is 3.18. The fourth-order valence-corrected chi connectivity index (χ4v) is 2.27. The minimum Gasteiger partial charge on any atom is -0.397 e. The van der Waals surface area contributed by atoms with Gasteiger partial charge < -0.3 is 11.1 Å². The predicted octanol–water partition coefficient (Wildman–Crippen LogP) is 2.28. The maximum absolute atomic E-state index is 11.9. The number of likely N-dealkylation sites (N-methyl/N-ethyl adjacent to an activating group) is 1. The van der Waals surface area contributed by atoms with Crippen LogP contribution in [0.15, 0.2) is 24.3 Å². The van der Waals surface area contributed by atoms with E-state index in [4.69, 9.17) is 5.73 Å². The second kappa shape index (κ2) is 8.07. The molecule has 1 atom stereocenters. The lowest BCUT2D eigenvalue weighted by atomic mass is 10.2. The van der Waals surface area contributed by atoms with Crippen LogP contribution in [0.1, 0.15) is 13.3 Å². The van der Waals surface area contributed by atoms with Crippen molar-refractivity contribution in [3.05, 3.63) is 24.3 Å². The van der Waals surface area contributed by atoms with E-state index in [1.807, 2.05) is 37.0 Å². The topological polar surface area (TPSA) is 58.4 Å². The monoisotopic (exact) mass is 281 g/mol. The molecule has 1 aromatic rings. The van der Waals surface area contributed by atoms with Gasteiger partial charge in [0, 0.05) is 6.04 Å². The Morgan fingerprint density at radius 1 is 1.47 bits per heavy atom. The lowest BCUT2D eigenvalue weighted by molar-refractivity contribution is -0.117. The summed E-state index contributed by atoms with van der Waals surface area (Å²) in [7, 11) is 1.97. The van der Waals surface area contributed by atoms with Gasteiger partial charge in [0.1, 0.15) is 0 Å². The fourth-order valence-electron chi connectivity index (χ4n) is 1.69. The maximum atomic E-state index is 11.9. The van der Waals surface area contributed by atoms with Gasteiger partial charge in [-0.3, -0.25) is 9.69 Å². The van der Waals surface area contributed by atoms with Gasteiger partial charge in [-0.15, -0.1) is 0 Å². The number of nitrogens with one attached hydrogen (secondary N) is 1. The van der Waals surface area contributed by atoms with Crippen molar-refractivity contribution >= 4 is 29.0 Å². The van der Waals surface area contributed by atoms with Crippen LogP contribution in [0.3, 0.4) is 0 Å². The van der Waals surface area contributed by atoms with E-state index in [9.17, 15) is 4.79 Å². The predicted molar refractivity (Wildman–Crippen MR) is 84.6 cm³/mol. The van der Waals surface area contributed by atoms with Crippen molar-refractivity contribution in [1.82, 2.24) is 4.90 Å². The van der Waals surface area contributed by atoms with E-state index in [0.29, 0.717) is 24.0 Å². The van der Waals surface area contributed by atoms with Crippen LogP contribution >= 0.6 is 11.8 Å². The first-order valence-corrected chi connectivity index (χ1v) is 7.77. The smallest absolute Gasteiger partial charge is 0.238 e. The zero-order chi connectivity index (χ0) is 14.3. The Kier molecular flexibility index (Phi) is 6.73. The molecule has 5 heteroatoms. The number of benzene rings is 1. The van der Waals surface area contributed by atoms with Gasteiger partial charge >= 0.3 is 0 Å². The average molecular weight is 281 g/mol. The molecule has 19 heavy (non-hydrogen) atoms. The van der Waals surface area contributed by atoms with E-state index < -0.39 is 0 Å². The second-order valence-corrected chi connectivity index (χ2v) is 5.67. The van der Waals surface area contributed by atoms with Crippen molar-refractivity contribution in [1.29, 1.82) is 0 Å². The van der Waals surface area contributed by atoms with E-state index in [2.05, 4.69) is 23.4 Å². The number of para-hydroxylation sites is 2. The standard InChI is InChI=1S/C14H23N3OS/c1-11(8-9-19-3)17(2)10-14(18)16-13-7-5-4-6-12(13)15/h4-7,11H,8-10,15H2,1-3H3,(H,16,18). The van der Waals surface area contributed by atoms with Gasteiger partial charge in [-0.1, -0.05) is 12.1 Å². The van der Waals surface area contributed by atoms with Crippen LogP contribution in [-0.2, 0) is 4.79 Å². The third-order valence-corrected chi connectivity index (χ3v) is 3.76. The number of hydrogen-bond acceptors (Lipinski definition) is 4. The van der Waals surface area contributed by atoms with Crippen molar-refractivity contribution in [2.24, 2.45) is 0 Å². The number of carbonyl (C=O) groups is 1. The van der Waals surface area contributed by atoms with Crippen molar-refractivity contribution in [2.45, 2.75) is 19.4 Å². The highest BCUT2D eigenvalue weighted by molar-refractivity contribution is 7.98. The van der Waals surface area contributed by atoms with Crippen molar-refractivity contribution in [3.63, 3.8) is 0 Å². The Morgan fingerprint density at radius 2 is 2.16 bits per heavy atom. The molecule has 0 fully saturated rings. The van der Waals surface area contributed by atoms with Crippen LogP contribution < -0.4 is 11.1 Å². The second-order valence-electron chi connectivity index (χ2n) is 4.68. The van der Waals surface area contributed by atoms with E-state index in [0.717, 1.165) is 12.2 Å². The molecule has 0 aliphatic heterocycles. The van der Waals surface area contributed by atoms with Gasteiger partial charge in [0.2, 0.25) is 5.91 Å². The molecular weight excluding hydrogens is 258 g/mol. The Bertz CT molecular complexity index is 411. The van der Waals surface area contributed by atoms with Crippen LogP contribution in [0.25, 0.3) is 0 Å². The molecule has 3 N–H and O–H groups in total. The number of nitrogens with zero attached hydrogens (tertiary/aromatic N) is 1. The summed E-state index contributed by atoms with van der Waals surface area (Å²) in [4.78, 5) is 14.0. The van der Waals surface area contributed by atoms with Crippen molar-refractivity contribution < 1.29 is 4.79 Å². The summed E-state index contributed by atoms with van der Waals surface area (Å²) < 4.78 is 0. The van der Waals surface area contributed by atoms with Crippen LogP contribution in [0, 0.1) is 0 Å². The molecule has 0 radical (unpaired) electrons. The molecule has 1 unspecified atom stereocenters. The molecule has 0 heterocycles. The lowest BCUT2D eigenvalue weighted by Gasteiger charge is -2.23. The van der Waals surface area contributed by atoms with Crippen molar-refractivity contribution in [2.75, 3.05) is 36.7 Å². The first kappa shape index (κ1) is 15.9. The largest absolute Gasteiger partial charge is 0.397 e. The third kappa shape index (κ3) is 5.53. The summed E-state index contributed by atoms with van der Waals surface area (Å²) in [6, 6.07) is 7.69. The third-order valence-electron chi connectivity index (χ3n) is 3.12. The quantitative estimate of drug-likeness (QED) is 0.753. The number of nitrogens with two attached hydrogens (primary N) is 1. The fraction of sp³-hybridized carbons (Fsp3) is 0.500. The SMILES string of the molecule is CSCCC(C)N(C)CC(=O)Nc1ccccc1N.